The summed E-state index contributed by atoms with van der Waals surface area (Å²) in [6.07, 6.45) is 3.99. The van der Waals surface area contributed by atoms with Crippen LogP contribution >= 0.6 is 0 Å². The lowest BCUT2D eigenvalue weighted by atomic mass is 10.2. The maximum atomic E-state index is 11.4. The van der Waals surface area contributed by atoms with Crippen molar-refractivity contribution in [3.63, 3.8) is 0 Å². The molecule has 14 heavy (non-hydrogen) atoms. The highest BCUT2D eigenvalue weighted by atomic mass is 32.2. The molecule has 2 unspecified atom stereocenters. The number of hydrogen-bond donors (Lipinski definition) is 2. The summed E-state index contributed by atoms with van der Waals surface area (Å²) in [5, 5.41) is 2.90. The van der Waals surface area contributed by atoms with Crippen LogP contribution in [0, 0.1) is 0 Å². The molecule has 1 fully saturated rings. The molecule has 0 aromatic heterocycles. The summed E-state index contributed by atoms with van der Waals surface area (Å²) >= 11 is 0. The number of carbonyl (C=O) groups is 1. The molecule has 0 bridgehead atoms. The van der Waals surface area contributed by atoms with Crippen LogP contribution in [-0.2, 0) is 15.6 Å². The topological polar surface area (TPSA) is 72.2 Å². The van der Waals surface area contributed by atoms with Crippen molar-refractivity contribution in [3.8, 4) is 0 Å². The van der Waals surface area contributed by atoms with Crippen LogP contribution in [-0.4, -0.2) is 33.7 Å². The zero-order chi connectivity index (χ0) is 10.8. The molecule has 0 aliphatic heterocycles. The van der Waals surface area contributed by atoms with Crippen molar-refractivity contribution in [2.24, 2.45) is 5.73 Å². The average Bonchev–Trinajstić information content (AvgIpc) is 2.84. The second-order valence-corrected chi connectivity index (χ2v) is 5.81. The Kier molecular flexibility index (Phi) is 3.66. The summed E-state index contributed by atoms with van der Waals surface area (Å²) in [6.45, 7) is 2.48. The van der Waals surface area contributed by atoms with Gasteiger partial charge in [0.15, 0.2) is 0 Å². The van der Waals surface area contributed by atoms with Crippen LogP contribution in [0.1, 0.15) is 26.2 Å². The molecule has 0 heterocycles. The van der Waals surface area contributed by atoms with E-state index in [0.29, 0.717) is 6.54 Å². The van der Waals surface area contributed by atoms with Gasteiger partial charge in [-0.05, 0) is 19.3 Å². The van der Waals surface area contributed by atoms with E-state index in [9.17, 15) is 9.00 Å². The molecular weight excluding hydrogens is 200 g/mol. The molecule has 0 aromatic rings. The molecule has 0 saturated heterocycles. The molecule has 1 aliphatic carbocycles. The van der Waals surface area contributed by atoms with Crippen molar-refractivity contribution in [3.05, 3.63) is 0 Å². The summed E-state index contributed by atoms with van der Waals surface area (Å²) in [5.74, 6) is -0.0633. The summed E-state index contributed by atoms with van der Waals surface area (Å²) in [5.41, 5.74) is 5.11. The molecular formula is C9H18N2O2S. The van der Waals surface area contributed by atoms with Crippen LogP contribution < -0.4 is 11.1 Å². The van der Waals surface area contributed by atoms with E-state index in [4.69, 9.17) is 5.73 Å². The zero-order valence-corrected chi connectivity index (χ0v) is 9.52. The van der Waals surface area contributed by atoms with Gasteiger partial charge in [0.1, 0.15) is 0 Å². The van der Waals surface area contributed by atoms with E-state index < -0.39 is 16.3 Å². The lowest BCUT2D eigenvalue weighted by Crippen LogP contribution is -2.43. The maximum Gasteiger partial charge on any atom is 0.240 e. The first-order valence-corrected chi connectivity index (χ1v) is 6.47. The molecule has 5 heteroatoms. The largest absolute Gasteiger partial charge is 0.354 e. The SMILES string of the molecule is CC(CCNC(=O)C1(N)CC1)S(C)=O. The normalized spacial score (nSPS) is 22.5. The molecule has 1 amide bonds. The quantitative estimate of drug-likeness (QED) is 0.668. The first-order chi connectivity index (χ1) is 6.46. The molecule has 0 spiro atoms. The van der Waals surface area contributed by atoms with Crippen molar-refractivity contribution in [2.45, 2.75) is 37.0 Å². The highest BCUT2D eigenvalue weighted by Crippen LogP contribution is 2.31. The number of nitrogens with one attached hydrogen (secondary N) is 1. The lowest BCUT2D eigenvalue weighted by Gasteiger charge is -2.12. The van der Waals surface area contributed by atoms with Gasteiger partial charge in [-0.2, -0.15) is 0 Å². The Bertz CT molecular complexity index is 251. The van der Waals surface area contributed by atoms with Crippen LogP contribution in [0.2, 0.25) is 0 Å². The van der Waals surface area contributed by atoms with Gasteiger partial charge in [-0.1, -0.05) is 6.92 Å². The van der Waals surface area contributed by atoms with Crippen LogP contribution in [0.25, 0.3) is 0 Å². The summed E-state index contributed by atoms with van der Waals surface area (Å²) in [6, 6.07) is 0. The third-order valence-corrected chi connectivity index (χ3v) is 4.01. The van der Waals surface area contributed by atoms with Gasteiger partial charge in [-0.3, -0.25) is 9.00 Å². The highest BCUT2D eigenvalue weighted by molar-refractivity contribution is 7.84. The smallest absolute Gasteiger partial charge is 0.240 e. The van der Waals surface area contributed by atoms with E-state index in [2.05, 4.69) is 5.32 Å². The van der Waals surface area contributed by atoms with E-state index in [1.165, 1.54) is 0 Å². The monoisotopic (exact) mass is 218 g/mol. The Balaban J connectivity index is 2.15. The van der Waals surface area contributed by atoms with Crippen molar-refractivity contribution < 1.29 is 9.00 Å². The molecule has 0 radical (unpaired) electrons. The van der Waals surface area contributed by atoms with E-state index in [1.807, 2.05) is 6.92 Å². The van der Waals surface area contributed by atoms with Gasteiger partial charge < -0.3 is 11.1 Å². The molecule has 3 N–H and O–H groups in total. The Morgan fingerprint density at radius 3 is 2.64 bits per heavy atom. The van der Waals surface area contributed by atoms with Crippen molar-refractivity contribution in [2.75, 3.05) is 12.8 Å². The number of amides is 1. The Hall–Kier alpha value is -0.420. The van der Waals surface area contributed by atoms with Crippen LogP contribution in [0.4, 0.5) is 0 Å². The second-order valence-electron chi connectivity index (χ2n) is 4.01. The Labute approximate surface area is 87.1 Å². The van der Waals surface area contributed by atoms with E-state index in [-0.39, 0.29) is 11.2 Å². The molecule has 0 aromatic carbocycles. The molecule has 82 valence electrons. The van der Waals surface area contributed by atoms with Gasteiger partial charge in [0.2, 0.25) is 5.91 Å². The fraction of sp³-hybridized carbons (Fsp3) is 0.889. The summed E-state index contributed by atoms with van der Waals surface area (Å²) in [7, 11) is -0.813. The van der Waals surface area contributed by atoms with Gasteiger partial charge in [0.05, 0.1) is 5.54 Å². The predicted octanol–water partition coefficient (Wildman–Crippen LogP) is -0.249. The molecule has 1 rings (SSSR count). The first-order valence-electron chi connectivity index (χ1n) is 4.85. The molecule has 1 saturated carbocycles. The fourth-order valence-corrected chi connectivity index (χ4v) is 1.54. The second kappa shape index (κ2) is 4.40. The predicted molar refractivity (Wildman–Crippen MR) is 57.3 cm³/mol. The minimum Gasteiger partial charge on any atom is -0.354 e. The minimum absolute atomic E-state index is 0.0633. The van der Waals surface area contributed by atoms with Gasteiger partial charge in [0.25, 0.3) is 0 Å². The van der Waals surface area contributed by atoms with Gasteiger partial charge in [0, 0.05) is 28.9 Å². The molecule has 4 nitrogen and oxygen atoms in total. The summed E-state index contributed by atoms with van der Waals surface area (Å²) in [4.78, 5) is 11.4. The number of carbonyl (C=O) groups excluding carboxylic acids is 1. The van der Waals surface area contributed by atoms with Crippen molar-refractivity contribution >= 4 is 16.7 Å². The van der Waals surface area contributed by atoms with Crippen molar-refractivity contribution in [1.29, 1.82) is 0 Å². The Morgan fingerprint density at radius 2 is 2.21 bits per heavy atom. The highest BCUT2D eigenvalue weighted by Gasteiger charge is 2.45. The third-order valence-electron chi connectivity index (χ3n) is 2.64. The Morgan fingerprint density at radius 1 is 1.64 bits per heavy atom. The first kappa shape index (κ1) is 11.7. The van der Waals surface area contributed by atoms with Gasteiger partial charge in [-0.25, -0.2) is 0 Å². The van der Waals surface area contributed by atoms with E-state index in [0.717, 1.165) is 19.3 Å². The lowest BCUT2D eigenvalue weighted by molar-refractivity contribution is -0.123. The maximum absolute atomic E-state index is 11.4. The third kappa shape index (κ3) is 3.06. The minimum atomic E-state index is -0.813. The van der Waals surface area contributed by atoms with Gasteiger partial charge >= 0.3 is 0 Å². The molecule has 1 aliphatic rings. The van der Waals surface area contributed by atoms with Crippen molar-refractivity contribution in [1.82, 2.24) is 5.32 Å². The molecule has 2 atom stereocenters. The zero-order valence-electron chi connectivity index (χ0n) is 8.71. The average molecular weight is 218 g/mol. The van der Waals surface area contributed by atoms with Crippen LogP contribution in [0.15, 0.2) is 0 Å². The summed E-state index contributed by atoms with van der Waals surface area (Å²) < 4.78 is 11.0. The van der Waals surface area contributed by atoms with Gasteiger partial charge in [-0.15, -0.1) is 0 Å². The van der Waals surface area contributed by atoms with E-state index in [1.54, 1.807) is 6.26 Å². The standard InChI is InChI=1S/C9H18N2O2S/c1-7(14(2)13)3-6-11-8(12)9(10)4-5-9/h7H,3-6,10H2,1-2H3,(H,11,12). The number of nitrogens with two attached hydrogens (primary N) is 1. The van der Waals surface area contributed by atoms with Crippen LogP contribution in [0.3, 0.4) is 0 Å². The fourth-order valence-electron chi connectivity index (χ4n) is 1.09. The number of hydrogen-bond acceptors (Lipinski definition) is 3. The number of rotatable bonds is 5. The van der Waals surface area contributed by atoms with E-state index >= 15 is 0 Å². The van der Waals surface area contributed by atoms with Crippen LogP contribution in [0.5, 0.6) is 0 Å².